The van der Waals surface area contributed by atoms with E-state index in [-0.39, 0.29) is 11.9 Å². The summed E-state index contributed by atoms with van der Waals surface area (Å²) in [7, 11) is 0. The van der Waals surface area contributed by atoms with Gasteiger partial charge >= 0.3 is 0 Å². The monoisotopic (exact) mass is 357 g/mol. The Morgan fingerprint density at radius 3 is 3.12 bits per heavy atom. The van der Waals surface area contributed by atoms with Crippen molar-refractivity contribution in [2.24, 2.45) is 0 Å². The summed E-state index contributed by atoms with van der Waals surface area (Å²) in [6.45, 7) is 0. The Morgan fingerprint density at radius 1 is 1.44 bits per heavy atom. The van der Waals surface area contributed by atoms with Crippen molar-refractivity contribution >= 4 is 23.3 Å². The number of nitrogens with one attached hydrogen (secondary N) is 1. The minimum absolute atomic E-state index is 0.238. The Labute approximate surface area is 149 Å². The van der Waals surface area contributed by atoms with E-state index in [2.05, 4.69) is 20.7 Å². The molecular formula is C17H19N5O2S. The van der Waals surface area contributed by atoms with Crippen molar-refractivity contribution in [3.63, 3.8) is 0 Å². The highest BCUT2D eigenvalue weighted by Crippen LogP contribution is 2.40. The molecule has 25 heavy (non-hydrogen) atoms. The second kappa shape index (κ2) is 6.87. The standard InChI is InChI=1S/C17H19N5O2S/c1-25-9-7-12(16-20-19-15-4-2-3-8-22(15)16)18-17(23)13-10-14(24-21-13)11-5-6-11/h2-4,8,10-12H,5-7,9H2,1H3,(H,18,23). The number of amides is 1. The SMILES string of the molecule is CSCCC(NC(=O)c1cc(C2CC2)on1)c1nnc2ccccn12. The van der Waals surface area contributed by atoms with Gasteiger partial charge in [-0.2, -0.15) is 11.8 Å². The third kappa shape index (κ3) is 3.39. The first-order valence-electron chi connectivity index (χ1n) is 8.32. The van der Waals surface area contributed by atoms with E-state index in [9.17, 15) is 4.79 Å². The highest BCUT2D eigenvalue weighted by atomic mass is 32.2. The van der Waals surface area contributed by atoms with Crippen molar-refractivity contribution in [3.05, 3.63) is 47.7 Å². The number of fused-ring (bicyclic) bond motifs is 1. The smallest absolute Gasteiger partial charge is 0.274 e. The number of thioether (sulfide) groups is 1. The highest BCUT2D eigenvalue weighted by Gasteiger charge is 2.29. The third-order valence-corrected chi connectivity index (χ3v) is 4.95. The summed E-state index contributed by atoms with van der Waals surface area (Å²) in [6, 6.07) is 7.24. The van der Waals surface area contributed by atoms with E-state index < -0.39 is 0 Å². The molecular weight excluding hydrogens is 338 g/mol. The minimum atomic E-state index is -0.241. The molecule has 4 rings (SSSR count). The van der Waals surface area contributed by atoms with Crippen LogP contribution in [0.5, 0.6) is 0 Å². The molecule has 0 radical (unpaired) electrons. The molecule has 0 aliphatic heterocycles. The Kier molecular flexibility index (Phi) is 4.44. The average molecular weight is 357 g/mol. The zero-order valence-electron chi connectivity index (χ0n) is 13.9. The molecule has 3 aromatic rings. The third-order valence-electron chi connectivity index (χ3n) is 4.31. The molecule has 1 N–H and O–H groups in total. The zero-order valence-corrected chi connectivity index (χ0v) is 14.7. The number of rotatable bonds is 7. The van der Waals surface area contributed by atoms with Gasteiger partial charge in [0.2, 0.25) is 0 Å². The summed E-state index contributed by atoms with van der Waals surface area (Å²) in [5, 5.41) is 15.4. The van der Waals surface area contributed by atoms with Gasteiger partial charge in [0.25, 0.3) is 5.91 Å². The molecule has 1 saturated carbocycles. The number of hydrogen-bond donors (Lipinski definition) is 1. The van der Waals surface area contributed by atoms with Crippen LogP contribution < -0.4 is 5.32 Å². The summed E-state index contributed by atoms with van der Waals surface area (Å²) in [4.78, 5) is 12.6. The second-order valence-corrected chi connectivity index (χ2v) is 7.17. The molecule has 1 atom stereocenters. The largest absolute Gasteiger partial charge is 0.360 e. The lowest BCUT2D eigenvalue weighted by Crippen LogP contribution is -2.30. The number of nitrogens with zero attached hydrogens (tertiary/aromatic N) is 4. The maximum atomic E-state index is 12.6. The van der Waals surface area contributed by atoms with Crippen molar-refractivity contribution < 1.29 is 9.32 Å². The van der Waals surface area contributed by atoms with E-state index in [4.69, 9.17) is 4.52 Å². The van der Waals surface area contributed by atoms with Gasteiger partial charge in [-0.05, 0) is 43.4 Å². The van der Waals surface area contributed by atoms with Crippen molar-refractivity contribution in [2.45, 2.75) is 31.2 Å². The Balaban J connectivity index is 1.56. The van der Waals surface area contributed by atoms with Gasteiger partial charge in [0.15, 0.2) is 17.2 Å². The summed E-state index contributed by atoms with van der Waals surface area (Å²) in [6.07, 6.45) is 6.93. The minimum Gasteiger partial charge on any atom is -0.360 e. The molecule has 130 valence electrons. The lowest BCUT2D eigenvalue weighted by atomic mass is 10.2. The van der Waals surface area contributed by atoms with Crippen LogP contribution in [0.4, 0.5) is 0 Å². The number of carbonyl (C=O) groups excluding carboxylic acids is 1. The molecule has 0 bridgehead atoms. The lowest BCUT2D eigenvalue weighted by Gasteiger charge is -2.16. The van der Waals surface area contributed by atoms with Crippen LogP contribution in [0.15, 0.2) is 35.0 Å². The highest BCUT2D eigenvalue weighted by molar-refractivity contribution is 7.98. The van der Waals surface area contributed by atoms with E-state index in [0.29, 0.717) is 11.6 Å². The van der Waals surface area contributed by atoms with Gasteiger partial charge in [0, 0.05) is 18.2 Å². The topological polar surface area (TPSA) is 85.3 Å². The molecule has 1 aliphatic carbocycles. The zero-order chi connectivity index (χ0) is 17.2. The van der Waals surface area contributed by atoms with Crippen molar-refractivity contribution in [1.82, 2.24) is 25.1 Å². The molecule has 7 nitrogen and oxygen atoms in total. The van der Waals surface area contributed by atoms with E-state index in [1.54, 1.807) is 17.8 Å². The number of carbonyl (C=O) groups is 1. The Morgan fingerprint density at radius 2 is 2.32 bits per heavy atom. The van der Waals surface area contributed by atoms with Crippen LogP contribution in [-0.4, -0.2) is 37.7 Å². The first kappa shape index (κ1) is 16.1. The van der Waals surface area contributed by atoms with Crippen molar-refractivity contribution in [3.8, 4) is 0 Å². The summed E-state index contributed by atoms with van der Waals surface area (Å²) in [5.41, 5.74) is 1.09. The molecule has 8 heteroatoms. The van der Waals surface area contributed by atoms with Crippen LogP contribution >= 0.6 is 11.8 Å². The molecule has 1 fully saturated rings. The molecule has 1 unspecified atom stereocenters. The van der Waals surface area contributed by atoms with E-state index >= 15 is 0 Å². The van der Waals surface area contributed by atoms with Crippen LogP contribution in [0.2, 0.25) is 0 Å². The number of hydrogen-bond acceptors (Lipinski definition) is 6. The number of aromatic nitrogens is 4. The van der Waals surface area contributed by atoms with Crippen LogP contribution in [0, 0.1) is 0 Å². The quantitative estimate of drug-likeness (QED) is 0.700. The maximum absolute atomic E-state index is 12.6. The first-order chi connectivity index (χ1) is 12.3. The Hall–Kier alpha value is -2.35. The fraction of sp³-hybridized carbons (Fsp3) is 0.412. The van der Waals surface area contributed by atoms with E-state index in [1.165, 1.54) is 0 Å². The van der Waals surface area contributed by atoms with Crippen LogP contribution in [0.3, 0.4) is 0 Å². The summed E-state index contributed by atoms with van der Waals surface area (Å²) in [5.74, 6) is 2.62. The van der Waals surface area contributed by atoms with Gasteiger partial charge in [-0.15, -0.1) is 10.2 Å². The fourth-order valence-electron chi connectivity index (χ4n) is 2.79. The molecule has 1 amide bonds. The van der Waals surface area contributed by atoms with Crippen molar-refractivity contribution in [1.29, 1.82) is 0 Å². The predicted molar refractivity (Wildman–Crippen MR) is 94.7 cm³/mol. The molecule has 1 aliphatic rings. The fourth-order valence-corrected chi connectivity index (χ4v) is 3.26. The lowest BCUT2D eigenvalue weighted by molar-refractivity contribution is 0.0924. The van der Waals surface area contributed by atoms with Gasteiger partial charge in [-0.25, -0.2) is 0 Å². The van der Waals surface area contributed by atoms with Crippen LogP contribution in [0.1, 0.15) is 53.3 Å². The number of pyridine rings is 1. The summed E-state index contributed by atoms with van der Waals surface area (Å²) < 4.78 is 7.19. The molecule has 0 saturated heterocycles. The van der Waals surface area contributed by atoms with Gasteiger partial charge < -0.3 is 9.84 Å². The normalized spacial score (nSPS) is 15.4. The van der Waals surface area contributed by atoms with Crippen LogP contribution in [0.25, 0.3) is 5.65 Å². The van der Waals surface area contributed by atoms with E-state index in [1.807, 2.05) is 35.1 Å². The Bertz CT molecular complexity index is 886. The molecule has 0 spiro atoms. The molecule has 3 heterocycles. The first-order valence-corrected chi connectivity index (χ1v) is 9.71. The van der Waals surface area contributed by atoms with Crippen LogP contribution in [-0.2, 0) is 0 Å². The van der Waals surface area contributed by atoms with Gasteiger partial charge in [0.05, 0.1) is 6.04 Å². The van der Waals surface area contributed by atoms with Gasteiger partial charge in [-0.1, -0.05) is 11.2 Å². The van der Waals surface area contributed by atoms with Gasteiger partial charge in [0.1, 0.15) is 5.76 Å². The predicted octanol–water partition coefficient (Wildman–Crippen LogP) is 2.82. The maximum Gasteiger partial charge on any atom is 0.274 e. The van der Waals surface area contributed by atoms with Crippen molar-refractivity contribution in [2.75, 3.05) is 12.0 Å². The molecule has 3 aromatic heterocycles. The molecule has 0 aromatic carbocycles. The summed E-state index contributed by atoms with van der Waals surface area (Å²) >= 11 is 1.73. The van der Waals surface area contributed by atoms with E-state index in [0.717, 1.165) is 42.2 Å². The second-order valence-electron chi connectivity index (χ2n) is 6.18. The van der Waals surface area contributed by atoms with Gasteiger partial charge in [-0.3, -0.25) is 9.20 Å². The average Bonchev–Trinajstić information content (AvgIpc) is 3.21.